The van der Waals surface area contributed by atoms with Crippen LogP contribution in [0.4, 0.5) is 0 Å². The molecular weight excluding hydrogens is 144 g/mol. The SMILES string of the molecule is NN.O=COc1ccccc1. The number of rotatable bonds is 2. The van der Waals surface area contributed by atoms with Crippen molar-refractivity contribution in [1.29, 1.82) is 0 Å². The Morgan fingerprint density at radius 2 is 1.73 bits per heavy atom. The van der Waals surface area contributed by atoms with E-state index < -0.39 is 0 Å². The molecule has 0 atom stereocenters. The molecule has 0 radical (unpaired) electrons. The predicted molar refractivity (Wildman–Crippen MR) is 41.5 cm³/mol. The van der Waals surface area contributed by atoms with E-state index >= 15 is 0 Å². The third-order valence-electron chi connectivity index (χ3n) is 0.927. The van der Waals surface area contributed by atoms with Crippen molar-refractivity contribution in [1.82, 2.24) is 0 Å². The van der Waals surface area contributed by atoms with Gasteiger partial charge in [0, 0.05) is 0 Å². The zero-order chi connectivity index (χ0) is 8.53. The Hall–Kier alpha value is -1.39. The Bertz CT molecular complexity index is 189. The van der Waals surface area contributed by atoms with Gasteiger partial charge in [0.25, 0.3) is 6.47 Å². The van der Waals surface area contributed by atoms with Crippen LogP contribution in [0.15, 0.2) is 30.3 Å². The molecule has 0 saturated heterocycles. The van der Waals surface area contributed by atoms with Gasteiger partial charge in [-0.2, -0.15) is 0 Å². The van der Waals surface area contributed by atoms with Crippen LogP contribution in [0.25, 0.3) is 0 Å². The molecule has 0 aliphatic carbocycles. The molecule has 4 nitrogen and oxygen atoms in total. The summed E-state index contributed by atoms with van der Waals surface area (Å²) in [6, 6.07) is 8.90. The third-order valence-corrected chi connectivity index (χ3v) is 0.927. The highest BCUT2D eigenvalue weighted by Crippen LogP contribution is 2.05. The fraction of sp³-hybridized carbons (Fsp3) is 0. The molecule has 0 aliphatic heterocycles. The minimum Gasteiger partial charge on any atom is -0.429 e. The summed E-state index contributed by atoms with van der Waals surface area (Å²) in [6.45, 7) is 0.412. The normalized spacial score (nSPS) is 7.45. The van der Waals surface area contributed by atoms with Gasteiger partial charge in [-0.1, -0.05) is 18.2 Å². The molecule has 0 aromatic heterocycles. The summed E-state index contributed by atoms with van der Waals surface area (Å²) in [7, 11) is 0. The average molecular weight is 154 g/mol. The first-order valence-corrected chi connectivity index (χ1v) is 2.92. The minimum atomic E-state index is 0.412. The first-order chi connectivity index (χ1) is 5.43. The van der Waals surface area contributed by atoms with Gasteiger partial charge < -0.3 is 4.74 Å². The molecule has 4 N–H and O–H groups in total. The number of carbonyl (C=O) groups is 1. The second kappa shape index (κ2) is 6.73. The summed E-state index contributed by atoms with van der Waals surface area (Å²) in [5.41, 5.74) is 0. The van der Waals surface area contributed by atoms with Crippen LogP contribution in [0.1, 0.15) is 0 Å². The van der Waals surface area contributed by atoms with Crippen LogP contribution in [0.2, 0.25) is 0 Å². The highest BCUT2D eigenvalue weighted by Gasteiger charge is 1.84. The van der Waals surface area contributed by atoms with Crippen LogP contribution in [0.3, 0.4) is 0 Å². The third kappa shape index (κ3) is 4.07. The van der Waals surface area contributed by atoms with E-state index in [1.165, 1.54) is 0 Å². The molecule has 0 heterocycles. The van der Waals surface area contributed by atoms with Crippen LogP contribution in [-0.2, 0) is 4.79 Å². The number of hydrogen-bond acceptors (Lipinski definition) is 4. The van der Waals surface area contributed by atoms with Crippen molar-refractivity contribution in [3.8, 4) is 5.75 Å². The highest BCUT2D eigenvalue weighted by molar-refractivity contribution is 5.44. The largest absolute Gasteiger partial charge is 0.429 e. The van der Waals surface area contributed by atoms with Crippen molar-refractivity contribution < 1.29 is 9.53 Å². The predicted octanol–water partition coefficient (Wildman–Crippen LogP) is 0.0406. The van der Waals surface area contributed by atoms with Crippen molar-refractivity contribution in [2.24, 2.45) is 11.7 Å². The van der Waals surface area contributed by atoms with E-state index in [2.05, 4.69) is 16.4 Å². The summed E-state index contributed by atoms with van der Waals surface area (Å²) in [5, 5.41) is 0. The molecule has 1 aromatic rings. The van der Waals surface area contributed by atoms with Gasteiger partial charge in [-0.15, -0.1) is 0 Å². The van der Waals surface area contributed by atoms with Gasteiger partial charge in [-0.05, 0) is 12.1 Å². The monoisotopic (exact) mass is 154 g/mol. The summed E-state index contributed by atoms with van der Waals surface area (Å²) in [6.07, 6.45) is 0. The topological polar surface area (TPSA) is 78.3 Å². The number of nitrogens with two attached hydrogens (primary N) is 2. The molecule has 0 fully saturated rings. The maximum absolute atomic E-state index is 9.75. The lowest BCUT2D eigenvalue weighted by Gasteiger charge is -1.92. The van der Waals surface area contributed by atoms with Gasteiger partial charge in [0.2, 0.25) is 0 Å². The Balaban J connectivity index is 0.000000461. The fourth-order valence-electron chi connectivity index (χ4n) is 0.555. The lowest BCUT2D eigenvalue weighted by atomic mass is 10.3. The van der Waals surface area contributed by atoms with E-state index in [-0.39, 0.29) is 0 Å². The molecule has 0 bridgehead atoms. The van der Waals surface area contributed by atoms with E-state index in [0.29, 0.717) is 12.2 Å². The summed E-state index contributed by atoms with van der Waals surface area (Å²) < 4.78 is 4.53. The number of para-hydroxylation sites is 1. The second-order valence-corrected chi connectivity index (χ2v) is 1.53. The molecule has 4 heteroatoms. The molecular formula is C7H10N2O2. The summed E-state index contributed by atoms with van der Waals surface area (Å²) >= 11 is 0. The standard InChI is InChI=1S/C7H6O2.H4N2/c8-6-9-7-4-2-1-3-5-7;1-2/h1-6H;1-2H2. The number of ether oxygens (including phenoxy) is 1. The zero-order valence-electron chi connectivity index (χ0n) is 5.94. The van der Waals surface area contributed by atoms with E-state index in [1.807, 2.05) is 6.07 Å². The maximum atomic E-state index is 9.75. The summed E-state index contributed by atoms with van der Waals surface area (Å²) in [4.78, 5) is 9.75. The van der Waals surface area contributed by atoms with E-state index in [9.17, 15) is 4.79 Å². The van der Waals surface area contributed by atoms with Gasteiger partial charge in [0.05, 0.1) is 0 Å². The highest BCUT2D eigenvalue weighted by atomic mass is 16.5. The molecule has 0 spiro atoms. The zero-order valence-corrected chi connectivity index (χ0v) is 5.94. The van der Waals surface area contributed by atoms with Crippen molar-refractivity contribution >= 4 is 6.47 Å². The van der Waals surface area contributed by atoms with E-state index in [1.54, 1.807) is 24.3 Å². The van der Waals surface area contributed by atoms with Crippen LogP contribution >= 0.6 is 0 Å². The van der Waals surface area contributed by atoms with E-state index in [4.69, 9.17) is 0 Å². The molecule has 11 heavy (non-hydrogen) atoms. The Kier molecular flexibility index (Phi) is 5.88. The minimum absolute atomic E-state index is 0.412. The first kappa shape index (κ1) is 9.61. The average Bonchev–Trinajstić information content (AvgIpc) is 2.11. The fourth-order valence-corrected chi connectivity index (χ4v) is 0.555. The van der Waals surface area contributed by atoms with Gasteiger partial charge >= 0.3 is 0 Å². The molecule has 0 amide bonds. The first-order valence-electron chi connectivity index (χ1n) is 2.92. The Labute approximate surface area is 64.7 Å². The van der Waals surface area contributed by atoms with Gasteiger partial charge in [-0.25, -0.2) is 0 Å². The Morgan fingerprint density at radius 3 is 2.18 bits per heavy atom. The molecule has 1 aromatic carbocycles. The van der Waals surface area contributed by atoms with Crippen molar-refractivity contribution in [2.45, 2.75) is 0 Å². The number of hydrazine groups is 1. The molecule has 1 rings (SSSR count). The van der Waals surface area contributed by atoms with Crippen molar-refractivity contribution in [3.63, 3.8) is 0 Å². The summed E-state index contributed by atoms with van der Waals surface area (Å²) in [5.74, 6) is 8.58. The number of carbonyl (C=O) groups excluding carboxylic acids is 1. The molecule has 0 unspecified atom stereocenters. The van der Waals surface area contributed by atoms with Crippen LogP contribution in [0, 0.1) is 0 Å². The second-order valence-electron chi connectivity index (χ2n) is 1.53. The van der Waals surface area contributed by atoms with Gasteiger partial charge in [0.1, 0.15) is 5.75 Å². The van der Waals surface area contributed by atoms with Crippen molar-refractivity contribution in [3.05, 3.63) is 30.3 Å². The van der Waals surface area contributed by atoms with Crippen LogP contribution in [0.5, 0.6) is 5.75 Å². The lowest BCUT2D eigenvalue weighted by Crippen LogP contribution is -2.02. The molecule has 60 valence electrons. The van der Waals surface area contributed by atoms with Crippen LogP contribution < -0.4 is 16.4 Å². The number of benzene rings is 1. The smallest absolute Gasteiger partial charge is 0.298 e. The molecule has 0 saturated carbocycles. The Morgan fingerprint density at radius 1 is 1.18 bits per heavy atom. The quantitative estimate of drug-likeness (QED) is 0.358. The van der Waals surface area contributed by atoms with Gasteiger partial charge in [0.15, 0.2) is 0 Å². The maximum Gasteiger partial charge on any atom is 0.298 e. The molecule has 0 aliphatic rings. The van der Waals surface area contributed by atoms with Gasteiger partial charge in [-0.3, -0.25) is 16.5 Å². The van der Waals surface area contributed by atoms with E-state index in [0.717, 1.165) is 0 Å². The number of hydrogen-bond donors (Lipinski definition) is 2. The lowest BCUT2D eigenvalue weighted by molar-refractivity contribution is -0.120. The van der Waals surface area contributed by atoms with Crippen LogP contribution in [-0.4, -0.2) is 6.47 Å². The van der Waals surface area contributed by atoms with Crippen molar-refractivity contribution in [2.75, 3.05) is 0 Å².